The lowest BCUT2D eigenvalue weighted by atomic mass is 9.92. The summed E-state index contributed by atoms with van der Waals surface area (Å²) < 4.78 is 0. The molecule has 17 heavy (non-hydrogen) atoms. The summed E-state index contributed by atoms with van der Waals surface area (Å²) in [5, 5.41) is 2.14. The molecule has 2 N–H and O–H groups in total. The third kappa shape index (κ3) is 4.41. The van der Waals surface area contributed by atoms with E-state index in [9.17, 15) is 0 Å². The van der Waals surface area contributed by atoms with Gasteiger partial charge in [-0.2, -0.15) is 0 Å². The smallest absolute Gasteiger partial charge is 0.0330 e. The first-order valence-electron chi connectivity index (χ1n) is 6.56. The van der Waals surface area contributed by atoms with E-state index in [0.717, 1.165) is 13.1 Å². The lowest BCUT2D eigenvalue weighted by Crippen LogP contribution is -2.49. The van der Waals surface area contributed by atoms with Gasteiger partial charge in [-0.1, -0.05) is 32.3 Å². The molecular formula is C14H26N2S. The average Bonchev–Trinajstić information content (AvgIpc) is 2.82. The minimum absolute atomic E-state index is 0.138. The van der Waals surface area contributed by atoms with Crippen LogP contribution in [0.4, 0.5) is 0 Å². The molecule has 2 nitrogen and oxygen atoms in total. The molecule has 0 amide bonds. The van der Waals surface area contributed by atoms with Crippen LogP contribution in [-0.4, -0.2) is 24.0 Å². The Bertz CT molecular complexity index is 297. The van der Waals surface area contributed by atoms with Gasteiger partial charge in [0.05, 0.1) is 0 Å². The van der Waals surface area contributed by atoms with Crippen molar-refractivity contribution in [1.82, 2.24) is 4.90 Å². The molecule has 1 rings (SSSR count). The molecule has 0 aliphatic carbocycles. The Labute approximate surface area is 110 Å². The van der Waals surface area contributed by atoms with Crippen LogP contribution in [0.5, 0.6) is 0 Å². The van der Waals surface area contributed by atoms with Crippen LogP contribution in [0.25, 0.3) is 0 Å². The Morgan fingerprint density at radius 3 is 2.71 bits per heavy atom. The molecule has 0 aliphatic heterocycles. The van der Waals surface area contributed by atoms with Gasteiger partial charge in [-0.05, 0) is 31.8 Å². The lowest BCUT2D eigenvalue weighted by molar-refractivity contribution is 0.124. The largest absolute Gasteiger partial charge is 0.329 e. The molecule has 0 bridgehead atoms. The van der Waals surface area contributed by atoms with E-state index in [2.05, 4.69) is 43.3 Å². The van der Waals surface area contributed by atoms with Crippen molar-refractivity contribution in [2.45, 2.75) is 51.6 Å². The van der Waals surface area contributed by atoms with Crippen LogP contribution in [-0.2, 0) is 6.54 Å². The van der Waals surface area contributed by atoms with E-state index >= 15 is 0 Å². The maximum Gasteiger partial charge on any atom is 0.0330 e. The number of hydrogen-bond acceptors (Lipinski definition) is 3. The second kappa shape index (κ2) is 7.14. The fourth-order valence-electron chi connectivity index (χ4n) is 2.03. The normalized spacial score (nSPS) is 15.1. The molecule has 0 saturated carbocycles. The fraction of sp³-hybridized carbons (Fsp3) is 0.714. The number of rotatable bonds is 8. The van der Waals surface area contributed by atoms with Crippen molar-refractivity contribution in [3.05, 3.63) is 22.4 Å². The van der Waals surface area contributed by atoms with E-state index in [1.54, 1.807) is 0 Å². The van der Waals surface area contributed by atoms with Crippen LogP contribution in [0.15, 0.2) is 17.5 Å². The van der Waals surface area contributed by atoms with Crippen LogP contribution in [0, 0.1) is 0 Å². The van der Waals surface area contributed by atoms with Crippen molar-refractivity contribution in [1.29, 1.82) is 0 Å². The monoisotopic (exact) mass is 254 g/mol. The summed E-state index contributed by atoms with van der Waals surface area (Å²) in [5.41, 5.74) is 6.12. The van der Waals surface area contributed by atoms with Gasteiger partial charge in [0.1, 0.15) is 0 Å². The van der Waals surface area contributed by atoms with Crippen LogP contribution in [0.3, 0.4) is 0 Å². The van der Waals surface area contributed by atoms with Crippen molar-refractivity contribution in [3.8, 4) is 0 Å². The molecule has 1 unspecified atom stereocenters. The maximum atomic E-state index is 5.98. The third-order valence-corrected chi connectivity index (χ3v) is 4.51. The van der Waals surface area contributed by atoms with Gasteiger partial charge in [0.15, 0.2) is 0 Å². The topological polar surface area (TPSA) is 29.3 Å². The van der Waals surface area contributed by atoms with Crippen LogP contribution < -0.4 is 5.73 Å². The minimum Gasteiger partial charge on any atom is -0.329 e. The highest BCUT2D eigenvalue weighted by Crippen LogP contribution is 2.23. The molecule has 1 aromatic rings. The SMILES string of the molecule is CCCCCC(C)(CN)N(C)Cc1cccs1. The number of nitrogens with two attached hydrogens (primary N) is 1. The summed E-state index contributed by atoms with van der Waals surface area (Å²) in [5.74, 6) is 0. The molecule has 0 radical (unpaired) electrons. The number of likely N-dealkylation sites (N-methyl/N-ethyl adjacent to an activating group) is 1. The molecule has 0 spiro atoms. The molecule has 0 aliphatic rings. The highest BCUT2D eigenvalue weighted by molar-refractivity contribution is 7.09. The number of unbranched alkanes of at least 4 members (excludes halogenated alkanes) is 2. The second-order valence-corrected chi connectivity index (χ2v) is 6.13. The Kier molecular flexibility index (Phi) is 6.17. The molecule has 0 aromatic carbocycles. The summed E-state index contributed by atoms with van der Waals surface area (Å²) in [6, 6.07) is 4.31. The number of hydrogen-bond donors (Lipinski definition) is 1. The van der Waals surface area contributed by atoms with E-state index in [-0.39, 0.29) is 5.54 Å². The Hall–Kier alpha value is -0.380. The highest BCUT2D eigenvalue weighted by Gasteiger charge is 2.27. The number of thiophene rings is 1. The van der Waals surface area contributed by atoms with Gasteiger partial charge in [-0.3, -0.25) is 4.90 Å². The van der Waals surface area contributed by atoms with Gasteiger partial charge in [0.25, 0.3) is 0 Å². The molecule has 1 heterocycles. The molecule has 1 aromatic heterocycles. The van der Waals surface area contributed by atoms with Gasteiger partial charge in [0.2, 0.25) is 0 Å². The first kappa shape index (κ1) is 14.7. The van der Waals surface area contributed by atoms with Crippen molar-refractivity contribution >= 4 is 11.3 Å². The summed E-state index contributed by atoms with van der Waals surface area (Å²) in [6.07, 6.45) is 5.05. The summed E-state index contributed by atoms with van der Waals surface area (Å²) in [4.78, 5) is 3.83. The highest BCUT2D eigenvalue weighted by atomic mass is 32.1. The Morgan fingerprint density at radius 1 is 1.41 bits per heavy atom. The zero-order valence-electron chi connectivity index (χ0n) is 11.4. The molecule has 0 saturated heterocycles. The average molecular weight is 254 g/mol. The Morgan fingerprint density at radius 2 is 2.18 bits per heavy atom. The van der Waals surface area contributed by atoms with Crippen LogP contribution >= 0.6 is 11.3 Å². The first-order valence-corrected chi connectivity index (χ1v) is 7.44. The number of nitrogens with zero attached hydrogens (tertiary/aromatic N) is 1. The van der Waals surface area contributed by atoms with Crippen molar-refractivity contribution in [3.63, 3.8) is 0 Å². The minimum atomic E-state index is 0.138. The van der Waals surface area contributed by atoms with E-state index < -0.39 is 0 Å². The van der Waals surface area contributed by atoms with Gasteiger partial charge in [0, 0.05) is 23.5 Å². The maximum absolute atomic E-state index is 5.98. The fourth-order valence-corrected chi connectivity index (χ4v) is 2.79. The van der Waals surface area contributed by atoms with Crippen molar-refractivity contribution in [2.75, 3.05) is 13.6 Å². The van der Waals surface area contributed by atoms with Gasteiger partial charge < -0.3 is 5.73 Å². The third-order valence-electron chi connectivity index (χ3n) is 3.65. The predicted octanol–water partition coefficient (Wildman–Crippen LogP) is 3.48. The van der Waals surface area contributed by atoms with Gasteiger partial charge in [-0.15, -0.1) is 11.3 Å². The van der Waals surface area contributed by atoms with Gasteiger partial charge >= 0.3 is 0 Å². The zero-order chi connectivity index (χ0) is 12.7. The van der Waals surface area contributed by atoms with Crippen LogP contribution in [0.1, 0.15) is 44.4 Å². The molecule has 0 fully saturated rings. The summed E-state index contributed by atoms with van der Waals surface area (Å²) in [6.45, 7) is 6.28. The quantitative estimate of drug-likeness (QED) is 0.720. The lowest BCUT2D eigenvalue weighted by Gasteiger charge is -2.38. The van der Waals surface area contributed by atoms with Crippen molar-refractivity contribution < 1.29 is 0 Å². The molecular weight excluding hydrogens is 228 g/mol. The Balaban J connectivity index is 2.52. The van der Waals surface area contributed by atoms with E-state index in [4.69, 9.17) is 5.73 Å². The summed E-state index contributed by atoms with van der Waals surface area (Å²) in [7, 11) is 2.19. The van der Waals surface area contributed by atoms with E-state index in [1.807, 2.05) is 11.3 Å². The second-order valence-electron chi connectivity index (χ2n) is 5.09. The molecule has 98 valence electrons. The van der Waals surface area contributed by atoms with Crippen LogP contribution in [0.2, 0.25) is 0 Å². The summed E-state index contributed by atoms with van der Waals surface area (Å²) >= 11 is 1.82. The molecule has 1 atom stereocenters. The van der Waals surface area contributed by atoms with E-state index in [1.165, 1.54) is 30.6 Å². The zero-order valence-corrected chi connectivity index (χ0v) is 12.2. The first-order chi connectivity index (χ1) is 8.12. The standard InChI is InChI=1S/C14H26N2S/c1-4-5-6-9-14(2,12-15)16(3)11-13-8-7-10-17-13/h7-8,10H,4-6,9,11-12,15H2,1-3H3. The van der Waals surface area contributed by atoms with Gasteiger partial charge in [-0.25, -0.2) is 0 Å². The molecule has 3 heteroatoms. The van der Waals surface area contributed by atoms with Crippen molar-refractivity contribution in [2.24, 2.45) is 5.73 Å². The van der Waals surface area contributed by atoms with E-state index in [0.29, 0.717) is 0 Å². The predicted molar refractivity (Wildman–Crippen MR) is 77.4 cm³/mol.